The minimum atomic E-state index is -0.275. The van der Waals surface area contributed by atoms with E-state index in [0.717, 1.165) is 5.56 Å². The van der Waals surface area contributed by atoms with Gasteiger partial charge < -0.3 is 14.8 Å². The summed E-state index contributed by atoms with van der Waals surface area (Å²) in [6, 6.07) is 5.30. The molecule has 0 bridgehead atoms. The van der Waals surface area contributed by atoms with Crippen LogP contribution in [0.2, 0.25) is 0 Å². The first-order valence-corrected chi connectivity index (χ1v) is 5.90. The molecule has 1 aromatic rings. The SMILES string of the molecule is COc1ccc(OC)c(/C=C/C(=O)NCCN=[N+]=[N-])c1. The second kappa shape index (κ2) is 8.44. The fourth-order valence-corrected chi connectivity index (χ4v) is 1.47. The summed E-state index contributed by atoms with van der Waals surface area (Å²) in [5.41, 5.74) is 8.83. The molecule has 1 rings (SSSR count). The molecule has 0 aromatic heterocycles. The smallest absolute Gasteiger partial charge is 0.244 e. The molecule has 0 spiro atoms. The Balaban J connectivity index is 2.68. The van der Waals surface area contributed by atoms with Crippen molar-refractivity contribution in [3.63, 3.8) is 0 Å². The molecule has 0 aliphatic heterocycles. The molecule has 1 aromatic carbocycles. The Bertz CT molecular complexity index is 536. The second-order valence-electron chi connectivity index (χ2n) is 3.69. The molecular formula is C13H16N4O3. The van der Waals surface area contributed by atoms with Gasteiger partial charge in [-0.1, -0.05) is 5.11 Å². The van der Waals surface area contributed by atoms with Crippen LogP contribution in [0.1, 0.15) is 5.56 Å². The van der Waals surface area contributed by atoms with E-state index >= 15 is 0 Å². The highest BCUT2D eigenvalue weighted by Crippen LogP contribution is 2.24. The number of carbonyl (C=O) groups is 1. The normalized spacial score (nSPS) is 9.90. The number of hydrogen-bond donors (Lipinski definition) is 1. The van der Waals surface area contributed by atoms with Crippen molar-refractivity contribution in [1.29, 1.82) is 0 Å². The Morgan fingerprint density at radius 2 is 2.25 bits per heavy atom. The largest absolute Gasteiger partial charge is 0.497 e. The molecule has 0 fully saturated rings. The lowest BCUT2D eigenvalue weighted by atomic mass is 10.1. The summed E-state index contributed by atoms with van der Waals surface area (Å²) in [5.74, 6) is 1.04. The van der Waals surface area contributed by atoms with Crippen LogP contribution in [0.3, 0.4) is 0 Å². The van der Waals surface area contributed by atoms with Gasteiger partial charge in [-0.2, -0.15) is 0 Å². The number of hydrogen-bond acceptors (Lipinski definition) is 4. The third-order valence-corrected chi connectivity index (χ3v) is 2.43. The molecule has 7 heteroatoms. The lowest BCUT2D eigenvalue weighted by molar-refractivity contribution is -0.116. The zero-order valence-electron chi connectivity index (χ0n) is 11.4. The summed E-state index contributed by atoms with van der Waals surface area (Å²) in [6.07, 6.45) is 3.01. The van der Waals surface area contributed by atoms with Gasteiger partial charge in [-0.15, -0.1) is 0 Å². The fraction of sp³-hybridized carbons (Fsp3) is 0.308. The Labute approximate surface area is 116 Å². The van der Waals surface area contributed by atoms with Gasteiger partial charge >= 0.3 is 0 Å². The Hall–Kier alpha value is -2.66. The minimum absolute atomic E-state index is 0.221. The molecule has 0 saturated carbocycles. The van der Waals surface area contributed by atoms with Crippen molar-refractivity contribution in [1.82, 2.24) is 5.32 Å². The van der Waals surface area contributed by atoms with Crippen LogP contribution in [0.25, 0.3) is 16.5 Å². The molecule has 1 amide bonds. The molecular weight excluding hydrogens is 260 g/mol. The Morgan fingerprint density at radius 3 is 2.90 bits per heavy atom. The van der Waals surface area contributed by atoms with E-state index in [0.29, 0.717) is 18.0 Å². The van der Waals surface area contributed by atoms with Gasteiger partial charge in [0.2, 0.25) is 5.91 Å². The first-order chi connectivity index (χ1) is 9.71. The summed E-state index contributed by atoms with van der Waals surface area (Å²) < 4.78 is 10.3. The predicted octanol–water partition coefficient (Wildman–Crippen LogP) is 2.14. The van der Waals surface area contributed by atoms with Crippen LogP contribution in [0.5, 0.6) is 11.5 Å². The van der Waals surface area contributed by atoms with Crippen LogP contribution in [-0.4, -0.2) is 33.2 Å². The Morgan fingerprint density at radius 1 is 1.45 bits per heavy atom. The third-order valence-electron chi connectivity index (χ3n) is 2.43. The minimum Gasteiger partial charge on any atom is -0.497 e. The highest BCUT2D eigenvalue weighted by Gasteiger charge is 2.02. The summed E-state index contributed by atoms with van der Waals surface area (Å²) in [6.45, 7) is 0.515. The van der Waals surface area contributed by atoms with Gasteiger partial charge in [0.15, 0.2) is 0 Å². The number of benzene rings is 1. The van der Waals surface area contributed by atoms with Crippen LogP contribution >= 0.6 is 0 Å². The molecule has 0 radical (unpaired) electrons. The van der Waals surface area contributed by atoms with E-state index in [1.165, 1.54) is 6.08 Å². The molecule has 0 saturated heterocycles. The molecule has 0 atom stereocenters. The number of methoxy groups -OCH3 is 2. The molecule has 0 aliphatic carbocycles. The van der Waals surface area contributed by atoms with Gasteiger partial charge in [-0.3, -0.25) is 4.79 Å². The molecule has 20 heavy (non-hydrogen) atoms. The van der Waals surface area contributed by atoms with Crippen molar-refractivity contribution in [3.8, 4) is 11.5 Å². The average molecular weight is 276 g/mol. The fourth-order valence-electron chi connectivity index (χ4n) is 1.47. The number of nitrogens with one attached hydrogen (secondary N) is 1. The highest BCUT2D eigenvalue weighted by atomic mass is 16.5. The zero-order valence-corrected chi connectivity index (χ0v) is 11.4. The highest BCUT2D eigenvalue weighted by molar-refractivity contribution is 5.92. The molecule has 0 aliphatic rings. The third kappa shape index (κ3) is 4.91. The van der Waals surface area contributed by atoms with Crippen LogP contribution in [-0.2, 0) is 4.79 Å². The first kappa shape index (κ1) is 15.4. The van der Waals surface area contributed by atoms with Gasteiger partial charge in [0.1, 0.15) is 11.5 Å². The van der Waals surface area contributed by atoms with Crippen molar-refractivity contribution in [3.05, 3.63) is 40.3 Å². The van der Waals surface area contributed by atoms with Crippen molar-refractivity contribution in [2.75, 3.05) is 27.3 Å². The molecule has 0 unspecified atom stereocenters. The van der Waals surface area contributed by atoms with E-state index in [1.54, 1.807) is 38.5 Å². The topological polar surface area (TPSA) is 96.3 Å². The number of nitrogens with zero attached hydrogens (tertiary/aromatic N) is 3. The molecule has 1 N–H and O–H groups in total. The number of ether oxygens (including phenoxy) is 2. The van der Waals surface area contributed by atoms with Gasteiger partial charge in [0.25, 0.3) is 0 Å². The van der Waals surface area contributed by atoms with E-state index < -0.39 is 0 Å². The monoisotopic (exact) mass is 276 g/mol. The number of carbonyl (C=O) groups excluding carboxylic acids is 1. The predicted molar refractivity (Wildman–Crippen MR) is 75.6 cm³/mol. The summed E-state index contributed by atoms with van der Waals surface area (Å²) in [7, 11) is 3.12. The van der Waals surface area contributed by atoms with Crippen LogP contribution in [0.4, 0.5) is 0 Å². The van der Waals surface area contributed by atoms with Crippen molar-refractivity contribution in [2.45, 2.75) is 0 Å². The maximum Gasteiger partial charge on any atom is 0.244 e. The van der Waals surface area contributed by atoms with Crippen molar-refractivity contribution < 1.29 is 14.3 Å². The van der Waals surface area contributed by atoms with Gasteiger partial charge in [0.05, 0.1) is 14.2 Å². The average Bonchev–Trinajstić information content (AvgIpc) is 2.49. The second-order valence-corrected chi connectivity index (χ2v) is 3.69. The summed E-state index contributed by atoms with van der Waals surface area (Å²) >= 11 is 0. The molecule has 106 valence electrons. The lowest BCUT2D eigenvalue weighted by Gasteiger charge is -2.07. The lowest BCUT2D eigenvalue weighted by Crippen LogP contribution is -2.23. The van der Waals surface area contributed by atoms with Gasteiger partial charge in [-0.05, 0) is 29.8 Å². The van der Waals surface area contributed by atoms with E-state index in [-0.39, 0.29) is 12.5 Å². The van der Waals surface area contributed by atoms with E-state index in [4.69, 9.17) is 15.0 Å². The van der Waals surface area contributed by atoms with Crippen LogP contribution in [0, 0.1) is 0 Å². The van der Waals surface area contributed by atoms with Crippen molar-refractivity contribution >= 4 is 12.0 Å². The summed E-state index contributed by atoms with van der Waals surface area (Å²) in [4.78, 5) is 14.1. The van der Waals surface area contributed by atoms with Crippen LogP contribution in [0.15, 0.2) is 29.4 Å². The van der Waals surface area contributed by atoms with E-state index in [1.807, 2.05) is 0 Å². The van der Waals surface area contributed by atoms with E-state index in [9.17, 15) is 4.79 Å². The van der Waals surface area contributed by atoms with E-state index in [2.05, 4.69) is 15.3 Å². The quantitative estimate of drug-likeness (QED) is 0.271. The maximum absolute atomic E-state index is 11.5. The molecule has 0 heterocycles. The number of amides is 1. The molecule has 7 nitrogen and oxygen atoms in total. The van der Waals surface area contributed by atoms with Crippen molar-refractivity contribution in [2.24, 2.45) is 5.11 Å². The Kier molecular flexibility index (Phi) is 6.50. The van der Waals surface area contributed by atoms with Gasteiger partial charge in [0, 0.05) is 29.6 Å². The first-order valence-electron chi connectivity index (χ1n) is 5.90. The standard InChI is InChI=1S/C13H16N4O3/c1-19-11-4-5-12(20-2)10(9-11)3-6-13(18)15-7-8-16-17-14/h3-6,9H,7-8H2,1-2H3,(H,15,18)/b6-3+. The zero-order chi connectivity index (χ0) is 14.8. The van der Waals surface area contributed by atoms with Gasteiger partial charge in [-0.25, -0.2) is 0 Å². The van der Waals surface area contributed by atoms with Crippen LogP contribution < -0.4 is 14.8 Å². The summed E-state index contributed by atoms with van der Waals surface area (Å²) in [5, 5.41) is 5.91. The number of azide groups is 1. The maximum atomic E-state index is 11.5. The number of rotatable bonds is 7.